The molecule has 0 aromatic carbocycles. The van der Waals surface area contributed by atoms with E-state index in [4.69, 9.17) is 10.1 Å². The van der Waals surface area contributed by atoms with Gasteiger partial charge in [-0.2, -0.15) is 9.99 Å². The number of nitriles is 1. The zero-order valence-electron chi connectivity index (χ0n) is 8.94. The van der Waals surface area contributed by atoms with Gasteiger partial charge >= 0.3 is 6.09 Å². The Morgan fingerprint density at radius 3 is 2.80 bits per heavy atom. The Morgan fingerprint density at radius 2 is 2.27 bits per heavy atom. The van der Waals surface area contributed by atoms with Crippen LogP contribution in [0, 0.1) is 11.3 Å². The first kappa shape index (κ1) is 11.1. The number of hydrogen-bond donors (Lipinski definition) is 1. The second-order valence-corrected chi connectivity index (χ2v) is 4.08. The van der Waals surface area contributed by atoms with Crippen LogP contribution in [0.5, 0.6) is 0 Å². The highest BCUT2D eigenvalue weighted by Crippen LogP contribution is 2.00. The smallest absolute Gasteiger partial charge is 0.316 e. The predicted octanol–water partition coefficient (Wildman–Crippen LogP) is 1.30. The van der Waals surface area contributed by atoms with E-state index in [2.05, 4.69) is 5.32 Å². The van der Waals surface area contributed by atoms with Crippen LogP contribution in [-0.2, 0) is 0 Å². The van der Waals surface area contributed by atoms with Gasteiger partial charge in [-0.3, -0.25) is 0 Å². The minimum absolute atomic E-state index is 0.277. The maximum Gasteiger partial charge on any atom is 0.432 e. The van der Waals surface area contributed by atoms with Crippen molar-refractivity contribution in [3.63, 3.8) is 0 Å². The standard InChI is InChI=1S/C10H13N3O2/c1-10(2,3)12-9(14)15-13-6-4-5-8(13)7-11/h4-6H,1-3H3,(H,12,14). The normalized spacial score (nSPS) is 10.5. The highest BCUT2D eigenvalue weighted by molar-refractivity contribution is 5.68. The van der Waals surface area contributed by atoms with Gasteiger partial charge in [-0.05, 0) is 32.9 Å². The molecule has 0 aliphatic carbocycles. The molecule has 0 fully saturated rings. The summed E-state index contributed by atoms with van der Waals surface area (Å²) in [6, 6.07) is 5.09. The summed E-state index contributed by atoms with van der Waals surface area (Å²) in [4.78, 5) is 16.2. The average Bonchev–Trinajstić information content (AvgIpc) is 2.48. The summed E-state index contributed by atoms with van der Waals surface area (Å²) in [5.74, 6) is 0. The van der Waals surface area contributed by atoms with Crippen LogP contribution in [0.1, 0.15) is 26.5 Å². The molecule has 0 aliphatic heterocycles. The van der Waals surface area contributed by atoms with E-state index >= 15 is 0 Å². The summed E-state index contributed by atoms with van der Waals surface area (Å²) < 4.78 is 1.13. The summed E-state index contributed by atoms with van der Waals surface area (Å²) in [6.07, 6.45) is 0.913. The van der Waals surface area contributed by atoms with E-state index in [0.717, 1.165) is 4.73 Å². The van der Waals surface area contributed by atoms with Gasteiger partial charge in [0.05, 0.1) is 0 Å². The topological polar surface area (TPSA) is 67.0 Å². The molecule has 1 aromatic rings. The monoisotopic (exact) mass is 207 g/mol. The minimum atomic E-state index is -0.588. The lowest BCUT2D eigenvalue weighted by atomic mass is 10.1. The van der Waals surface area contributed by atoms with Crippen LogP contribution in [0.25, 0.3) is 0 Å². The van der Waals surface area contributed by atoms with Crippen molar-refractivity contribution < 1.29 is 9.63 Å². The predicted molar refractivity (Wildman–Crippen MR) is 54.0 cm³/mol. The molecule has 1 aromatic heterocycles. The van der Waals surface area contributed by atoms with E-state index in [1.54, 1.807) is 12.1 Å². The molecule has 5 heteroatoms. The average molecular weight is 207 g/mol. The molecule has 0 saturated heterocycles. The molecule has 0 atom stereocenters. The second-order valence-electron chi connectivity index (χ2n) is 4.08. The fourth-order valence-electron chi connectivity index (χ4n) is 0.951. The van der Waals surface area contributed by atoms with E-state index in [-0.39, 0.29) is 11.2 Å². The summed E-state index contributed by atoms with van der Waals surface area (Å²) in [7, 11) is 0. The maximum atomic E-state index is 11.3. The van der Waals surface area contributed by atoms with Crippen molar-refractivity contribution in [2.75, 3.05) is 0 Å². The molecule has 1 rings (SSSR count). The van der Waals surface area contributed by atoms with Gasteiger partial charge in [0, 0.05) is 11.7 Å². The first-order valence-corrected chi connectivity index (χ1v) is 4.50. The van der Waals surface area contributed by atoms with Crippen molar-refractivity contribution in [2.24, 2.45) is 0 Å². The summed E-state index contributed by atoms with van der Waals surface area (Å²) in [6.45, 7) is 5.53. The Balaban J connectivity index is 2.64. The third-order valence-corrected chi connectivity index (χ3v) is 1.49. The molecule has 0 spiro atoms. The van der Waals surface area contributed by atoms with Gasteiger partial charge in [-0.1, -0.05) is 0 Å². The molecule has 0 radical (unpaired) electrons. The Bertz CT molecular complexity index is 396. The van der Waals surface area contributed by atoms with Crippen LogP contribution in [0.15, 0.2) is 18.3 Å². The van der Waals surface area contributed by atoms with Crippen molar-refractivity contribution in [3.8, 4) is 6.07 Å². The van der Waals surface area contributed by atoms with Gasteiger partial charge in [0.25, 0.3) is 0 Å². The molecule has 0 aliphatic rings. The van der Waals surface area contributed by atoms with E-state index in [1.807, 2.05) is 26.8 Å². The van der Waals surface area contributed by atoms with E-state index in [0.29, 0.717) is 0 Å². The maximum absolute atomic E-state index is 11.3. The Hall–Kier alpha value is -1.96. The SMILES string of the molecule is CC(C)(C)NC(=O)On1cccc1C#N. The number of rotatable bonds is 1. The first-order chi connectivity index (χ1) is 6.92. The van der Waals surface area contributed by atoms with Gasteiger partial charge in [0.15, 0.2) is 5.69 Å². The molecular weight excluding hydrogens is 194 g/mol. The molecule has 0 unspecified atom stereocenters. The number of aromatic nitrogens is 1. The largest absolute Gasteiger partial charge is 0.432 e. The van der Waals surface area contributed by atoms with Gasteiger partial charge in [0.1, 0.15) is 6.07 Å². The molecule has 0 bridgehead atoms. The van der Waals surface area contributed by atoms with Crippen LogP contribution >= 0.6 is 0 Å². The minimum Gasteiger partial charge on any atom is -0.316 e. The van der Waals surface area contributed by atoms with Crippen LogP contribution in [-0.4, -0.2) is 16.4 Å². The fraction of sp³-hybridized carbons (Fsp3) is 0.400. The van der Waals surface area contributed by atoms with E-state index in [9.17, 15) is 4.79 Å². The first-order valence-electron chi connectivity index (χ1n) is 4.50. The molecule has 0 saturated carbocycles. The van der Waals surface area contributed by atoms with Crippen LogP contribution in [0.4, 0.5) is 4.79 Å². The fourth-order valence-corrected chi connectivity index (χ4v) is 0.951. The third-order valence-electron chi connectivity index (χ3n) is 1.49. The zero-order valence-corrected chi connectivity index (χ0v) is 8.94. The highest BCUT2D eigenvalue weighted by Gasteiger charge is 2.15. The van der Waals surface area contributed by atoms with Crippen molar-refractivity contribution >= 4 is 6.09 Å². The van der Waals surface area contributed by atoms with Crippen LogP contribution in [0.2, 0.25) is 0 Å². The Labute approximate surface area is 88.2 Å². The summed E-state index contributed by atoms with van der Waals surface area (Å²) >= 11 is 0. The van der Waals surface area contributed by atoms with Crippen molar-refractivity contribution in [3.05, 3.63) is 24.0 Å². The van der Waals surface area contributed by atoms with Gasteiger partial charge in [-0.15, -0.1) is 0 Å². The van der Waals surface area contributed by atoms with E-state index in [1.165, 1.54) is 6.20 Å². The number of carbonyl (C=O) groups is 1. The van der Waals surface area contributed by atoms with Crippen molar-refractivity contribution in [1.82, 2.24) is 10.0 Å². The Kier molecular flexibility index (Phi) is 3.00. The highest BCUT2D eigenvalue weighted by atomic mass is 16.7. The summed E-state index contributed by atoms with van der Waals surface area (Å²) in [5, 5.41) is 11.3. The molecule has 15 heavy (non-hydrogen) atoms. The molecule has 1 N–H and O–H groups in total. The quantitative estimate of drug-likeness (QED) is 0.754. The van der Waals surface area contributed by atoms with Gasteiger partial charge in [-0.25, -0.2) is 4.79 Å². The van der Waals surface area contributed by atoms with Crippen molar-refractivity contribution in [1.29, 1.82) is 5.26 Å². The number of nitrogens with one attached hydrogen (secondary N) is 1. The number of carbonyl (C=O) groups excluding carboxylic acids is 1. The number of amides is 1. The lowest BCUT2D eigenvalue weighted by molar-refractivity contribution is 0.124. The molecule has 80 valence electrons. The molecule has 5 nitrogen and oxygen atoms in total. The Morgan fingerprint density at radius 1 is 1.60 bits per heavy atom. The second kappa shape index (κ2) is 4.05. The van der Waals surface area contributed by atoms with Gasteiger partial charge in [0.2, 0.25) is 0 Å². The molecule has 1 amide bonds. The van der Waals surface area contributed by atoms with Gasteiger partial charge < -0.3 is 10.2 Å². The number of hydrogen-bond acceptors (Lipinski definition) is 3. The summed E-state index contributed by atoms with van der Waals surface area (Å²) in [5.41, 5.74) is -0.0871. The zero-order chi connectivity index (χ0) is 11.5. The lowest BCUT2D eigenvalue weighted by Gasteiger charge is -2.19. The molecular formula is C10H13N3O2. The third kappa shape index (κ3) is 3.35. The van der Waals surface area contributed by atoms with Crippen LogP contribution < -0.4 is 10.2 Å². The van der Waals surface area contributed by atoms with Crippen LogP contribution in [0.3, 0.4) is 0 Å². The number of nitrogens with zero attached hydrogens (tertiary/aromatic N) is 2. The molecule has 1 heterocycles. The van der Waals surface area contributed by atoms with Crippen molar-refractivity contribution in [2.45, 2.75) is 26.3 Å². The lowest BCUT2D eigenvalue weighted by Crippen LogP contribution is -2.44. The van der Waals surface area contributed by atoms with E-state index < -0.39 is 6.09 Å².